The van der Waals surface area contributed by atoms with Gasteiger partial charge in [0.05, 0.1) is 11.7 Å². The van der Waals surface area contributed by atoms with Crippen molar-refractivity contribution in [2.45, 2.75) is 20.0 Å². The van der Waals surface area contributed by atoms with Gasteiger partial charge >= 0.3 is 5.97 Å². The molecule has 3 N–H and O–H groups in total. The summed E-state index contributed by atoms with van der Waals surface area (Å²) in [5.74, 6) is -3.60. The fourth-order valence-corrected chi connectivity index (χ4v) is 1.10. The van der Waals surface area contributed by atoms with Gasteiger partial charge in [-0.3, -0.25) is 4.79 Å². The van der Waals surface area contributed by atoms with Crippen molar-refractivity contribution in [3.63, 3.8) is 0 Å². The van der Waals surface area contributed by atoms with Crippen molar-refractivity contribution in [3.8, 4) is 17.2 Å². The van der Waals surface area contributed by atoms with Gasteiger partial charge in [0.1, 0.15) is 0 Å². The molecule has 1 rings (SSSR count). The van der Waals surface area contributed by atoms with Crippen molar-refractivity contribution in [1.82, 2.24) is 0 Å². The second-order valence-electron chi connectivity index (χ2n) is 3.64. The van der Waals surface area contributed by atoms with Crippen molar-refractivity contribution in [2.24, 2.45) is 0 Å². The van der Waals surface area contributed by atoms with Crippen LogP contribution in [0.4, 0.5) is 0 Å². The van der Waals surface area contributed by atoms with Crippen LogP contribution in [0.1, 0.15) is 24.2 Å². The second-order valence-corrected chi connectivity index (χ2v) is 3.64. The molecule has 6 heteroatoms. The van der Waals surface area contributed by atoms with E-state index < -0.39 is 34.8 Å². The number of hydrogen-bond acceptors (Lipinski definition) is 6. The van der Waals surface area contributed by atoms with Gasteiger partial charge < -0.3 is 20.1 Å². The SMILES string of the molecule is CC(C)OC(=O)c1cc(O)c(O)c(O)c(=O)c1. The number of hydrogen-bond donors (Lipinski definition) is 3. The van der Waals surface area contributed by atoms with Gasteiger partial charge in [-0.1, -0.05) is 0 Å². The highest BCUT2D eigenvalue weighted by molar-refractivity contribution is 5.90. The quantitative estimate of drug-likeness (QED) is 0.658. The van der Waals surface area contributed by atoms with Crippen LogP contribution in [-0.4, -0.2) is 27.4 Å². The summed E-state index contributed by atoms with van der Waals surface area (Å²) in [7, 11) is 0. The Morgan fingerprint density at radius 1 is 1.18 bits per heavy atom. The van der Waals surface area contributed by atoms with Gasteiger partial charge in [0.25, 0.3) is 0 Å². The fraction of sp³-hybridized carbons (Fsp3) is 0.273. The van der Waals surface area contributed by atoms with E-state index in [9.17, 15) is 19.8 Å². The topological polar surface area (TPSA) is 104 Å². The van der Waals surface area contributed by atoms with Crippen LogP contribution in [-0.2, 0) is 4.74 Å². The van der Waals surface area contributed by atoms with Crippen LogP contribution in [0, 0.1) is 0 Å². The molecule has 0 saturated carbocycles. The van der Waals surface area contributed by atoms with E-state index >= 15 is 0 Å². The highest BCUT2D eigenvalue weighted by Gasteiger charge is 2.15. The first-order chi connectivity index (χ1) is 7.82. The summed E-state index contributed by atoms with van der Waals surface area (Å²) >= 11 is 0. The third kappa shape index (κ3) is 2.87. The third-order valence-corrected chi connectivity index (χ3v) is 1.86. The molecule has 0 radical (unpaired) electrons. The molecule has 0 aliphatic heterocycles. The number of rotatable bonds is 2. The first-order valence-electron chi connectivity index (χ1n) is 4.83. The predicted octanol–water partition coefficient (Wildman–Crippen LogP) is 0.729. The highest BCUT2D eigenvalue weighted by atomic mass is 16.5. The van der Waals surface area contributed by atoms with E-state index in [0.29, 0.717) is 0 Å². The zero-order valence-electron chi connectivity index (χ0n) is 9.30. The molecule has 0 fully saturated rings. The van der Waals surface area contributed by atoms with Crippen molar-refractivity contribution in [1.29, 1.82) is 0 Å². The molecule has 0 unspecified atom stereocenters. The van der Waals surface area contributed by atoms with Gasteiger partial charge in [-0.15, -0.1) is 0 Å². The van der Waals surface area contributed by atoms with Gasteiger partial charge in [0, 0.05) is 6.07 Å². The van der Waals surface area contributed by atoms with Gasteiger partial charge in [-0.05, 0) is 19.9 Å². The normalized spacial score (nSPS) is 10.3. The molecule has 0 aliphatic rings. The second kappa shape index (κ2) is 4.73. The molecule has 0 aliphatic carbocycles. The minimum atomic E-state index is -1.02. The Balaban J connectivity index is 3.34. The lowest BCUT2D eigenvalue weighted by molar-refractivity contribution is 0.0377. The maximum atomic E-state index is 11.5. The molecule has 92 valence electrons. The average molecular weight is 240 g/mol. The molecule has 0 amide bonds. The van der Waals surface area contributed by atoms with Gasteiger partial charge in [0.2, 0.25) is 16.9 Å². The van der Waals surface area contributed by atoms with Crippen molar-refractivity contribution < 1.29 is 24.9 Å². The Hall–Kier alpha value is -2.24. The zero-order valence-corrected chi connectivity index (χ0v) is 9.30. The van der Waals surface area contributed by atoms with Crippen LogP contribution in [0.5, 0.6) is 17.2 Å². The van der Waals surface area contributed by atoms with Gasteiger partial charge in [-0.2, -0.15) is 0 Å². The number of carbonyl (C=O) groups is 1. The minimum absolute atomic E-state index is 0.253. The number of carbonyl (C=O) groups excluding carboxylic acids is 1. The largest absolute Gasteiger partial charge is 0.504 e. The number of ether oxygens (including phenoxy) is 1. The third-order valence-electron chi connectivity index (χ3n) is 1.86. The molecule has 1 aromatic rings. The summed E-state index contributed by atoms with van der Waals surface area (Å²) in [6.07, 6.45) is -0.396. The maximum absolute atomic E-state index is 11.5. The van der Waals surface area contributed by atoms with Crippen LogP contribution < -0.4 is 5.43 Å². The summed E-state index contributed by atoms with van der Waals surface area (Å²) in [4.78, 5) is 22.8. The molecule has 6 nitrogen and oxygen atoms in total. The fourth-order valence-electron chi connectivity index (χ4n) is 1.10. The first kappa shape index (κ1) is 12.8. The van der Waals surface area contributed by atoms with E-state index in [2.05, 4.69) is 0 Å². The van der Waals surface area contributed by atoms with Crippen LogP contribution in [0.2, 0.25) is 0 Å². The van der Waals surface area contributed by atoms with Gasteiger partial charge in [0.15, 0.2) is 5.75 Å². The summed E-state index contributed by atoms with van der Waals surface area (Å²) in [6, 6.07) is 1.63. The van der Waals surface area contributed by atoms with Crippen LogP contribution in [0.25, 0.3) is 0 Å². The Bertz CT molecular complexity index is 506. The Morgan fingerprint density at radius 2 is 1.76 bits per heavy atom. The molecule has 0 heterocycles. The molecule has 0 spiro atoms. The lowest BCUT2D eigenvalue weighted by Gasteiger charge is -2.06. The van der Waals surface area contributed by atoms with E-state index in [0.717, 1.165) is 12.1 Å². The van der Waals surface area contributed by atoms with E-state index in [-0.39, 0.29) is 5.56 Å². The number of aromatic hydroxyl groups is 3. The van der Waals surface area contributed by atoms with Crippen molar-refractivity contribution in [2.75, 3.05) is 0 Å². The predicted molar refractivity (Wildman–Crippen MR) is 58.3 cm³/mol. The molecule has 17 heavy (non-hydrogen) atoms. The Labute approximate surface area is 96.7 Å². The molecule has 0 aromatic heterocycles. The van der Waals surface area contributed by atoms with Crippen molar-refractivity contribution in [3.05, 3.63) is 27.9 Å². The van der Waals surface area contributed by atoms with E-state index in [1.807, 2.05) is 0 Å². The molecular weight excluding hydrogens is 228 g/mol. The van der Waals surface area contributed by atoms with E-state index in [4.69, 9.17) is 9.84 Å². The molecule has 0 saturated heterocycles. The smallest absolute Gasteiger partial charge is 0.338 e. The zero-order chi connectivity index (χ0) is 13.2. The summed E-state index contributed by atoms with van der Waals surface area (Å²) in [6.45, 7) is 3.24. The molecule has 1 aromatic carbocycles. The van der Waals surface area contributed by atoms with Crippen molar-refractivity contribution >= 4 is 5.97 Å². The monoisotopic (exact) mass is 240 g/mol. The summed E-state index contributed by atoms with van der Waals surface area (Å²) in [5, 5.41) is 27.6. The van der Waals surface area contributed by atoms with Gasteiger partial charge in [-0.25, -0.2) is 4.79 Å². The highest BCUT2D eigenvalue weighted by Crippen LogP contribution is 2.30. The standard InChI is InChI=1S/C11H12O6/c1-5(2)17-11(16)6-3-7(12)9(14)10(15)8(13)4-6/h3-5H,1-2H3,(H3,12,13,14,15). The number of esters is 1. The van der Waals surface area contributed by atoms with E-state index in [1.165, 1.54) is 0 Å². The lowest BCUT2D eigenvalue weighted by Crippen LogP contribution is -2.12. The van der Waals surface area contributed by atoms with Crippen LogP contribution in [0.15, 0.2) is 16.9 Å². The summed E-state index contributed by atoms with van der Waals surface area (Å²) < 4.78 is 4.82. The first-order valence-corrected chi connectivity index (χ1v) is 4.83. The minimum Gasteiger partial charge on any atom is -0.504 e. The summed E-state index contributed by atoms with van der Waals surface area (Å²) in [5.41, 5.74) is -1.24. The average Bonchev–Trinajstić information content (AvgIpc) is 2.32. The maximum Gasteiger partial charge on any atom is 0.338 e. The van der Waals surface area contributed by atoms with Crippen LogP contribution in [0.3, 0.4) is 0 Å². The van der Waals surface area contributed by atoms with E-state index in [1.54, 1.807) is 13.8 Å². The Kier molecular flexibility index (Phi) is 3.57. The molecular formula is C11H12O6. The molecule has 0 atom stereocenters. The van der Waals surface area contributed by atoms with Crippen LogP contribution >= 0.6 is 0 Å². The molecule has 0 bridgehead atoms. The lowest BCUT2D eigenvalue weighted by atomic mass is 10.3. The Morgan fingerprint density at radius 3 is 2.29 bits per heavy atom.